The van der Waals surface area contributed by atoms with Gasteiger partial charge in [0.05, 0.1) is 0 Å². The Bertz CT molecular complexity index is 236. The molecule has 1 unspecified atom stereocenters. The van der Waals surface area contributed by atoms with Crippen LogP contribution in [0, 0.1) is 0 Å². The molecule has 0 saturated heterocycles. The quantitative estimate of drug-likeness (QED) is 0.516. The zero-order valence-corrected chi connectivity index (χ0v) is 9.47. The molecule has 1 atom stereocenters. The van der Waals surface area contributed by atoms with Crippen LogP contribution >= 0.6 is 16.4 Å². The van der Waals surface area contributed by atoms with Gasteiger partial charge in [0, 0.05) is 0 Å². The molecular formula is C10H14OP2. The van der Waals surface area contributed by atoms with Gasteiger partial charge < -0.3 is 0 Å². The first-order valence-electron chi connectivity index (χ1n) is 4.52. The Morgan fingerprint density at radius 3 is 2.62 bits per heavy atom. The summed E-state index contributed by atoms with van der Waals surface area (Å²) in [5.41, 5.74) is 1.41. The minimum Gasteiger partial charge on any atom is -0.270 e. The first-order valence-corrected chi connectivity index (χ1v) is 7.39. The standard InChI is InChI=1S/C10H14OP2/c11-13-12-9-5-4-8-10-6-2-1-3-7-10/h1-3,6-7,12H,4-5,8-9H2. The third kappa shape index (κ3) is 5.13. The van der Waals surface area contributed by atoms with Crippen molar-refractivity contribution in [3.05, 3.63) is 35.9 Å². The van der Waals surface area contributed by atoms with Crippen molar-refractivity contribution in [3.63, 3.8) is 0 Å². The largest absolute Gasteiger partial charge is 0.270 e. The maximum absolute atomic E-state index is 10.1. The number of benzene rings is 1. The molecule has 1 aromatic carbocycles. The maximum Gasteiger partial charge on any atom is 0.177 e. The summed E-state index contributed by atoms with van der Waals surface area (Å²) >= 11 is 0. The second kappa shape index (κ2) is 7.18. The SMILES string of the molecule is O=PPCCCCc1ccccc1. The topological polar surface area (TPSA) is 17.1 Å². The predicted octanol–water partition coefficient (Wildman–Crippen LogP) is 3.89. The van der Waals surface area contributed by atoms with Crippen LogP contribution < -0.4 is 0 Å². The monoisotopic (exact) mass is 212 g/mol. The highest BCUT2D eigenvalue weighted by molar-refractivity contribution is 8.05. The predicted molar refractivity (Wildman–Crippen MR) is 60.2 cm³/mol. The molecule has 0 N–H and O–H groups in total. The molecule has 0 amide bonds. The molecule has 0 saturated carbocycles. The van der Waals surface area contributed by atoms with Crippen LogP contribution in [0.5, 0.6) is 0 Å². The van der Waals surface area contributed by atoms with E-state index in [0.717, 1.165) is 12.6 Å². The number of aryl methyl sites for hydroxylation is 1. The molecule has 0 aromatic heterocycles. The average molecular weight is 212 g/mol. The summed E-state index contributed by atoms with van der Waals surface area (Å²) in [5.74, 6) is 0. The molecule has 70 valence electrons. The highest BCUT2D eigenvalue weighted by Gasteiger charge is 1.92. The Morgan fingerprint density at radius 1 is 1.15 bits per heavy atom. The lowest BCUT2D eigenvalue weighted by molar-refractivity contribution is 0.605. The Hall–Kier alpha value is -0.250. The molecule has 3 heteroatoms. The van der Waals surface area contributed by atoms with Crippen LogP contribution in [-0.2, 0) is 11.0 Å². The zero-order chi connectivity index (χ0) is 9.36. The Kier molecular flexibility index (Phi) is 5.98. The summed E-state index contributed by atoms with van der Waals surface area (Å²) < 4.78 is 10.1. The van der Waals surface area contributed by atoms with E-state index in [4.69, 9.17) is 0 Å². The molecule has 0 bridgehead atoms. The van der Waals surface area contributed by atoms with Crippen LogP contribution in [0.3, 0.4) is 0 Å². The second-order valence-electron chi connectivity index (χ2n) is 2.94. The molecule has 0 fully saturated rings. The number of unbranched alkanes of at least 4 members (excludes halogenated alkanes) is 1. The molecule has 1 aromatic rings. The lowest BCUT2D eigenvalue weighted by atomic mass is 10.1. The maximum atomic E-state index is 10.1. The van der Waals surface area contributed by atoms with Crippen LogP contribution in [0.4, 0.5) is 0 Å². The van der Waals surface area contributed by atoms with Gasteiger partial charge in [-0.05, 0) is 39.3 Å². The number of rotatable bonds is 6. The summed E-state index contributed by atoms with van der Waals surface area (Å²) in [6, 6.07) is 10.5. The van der Waals surface area contributed by atoms with Crippen molar-refractivity contribution in [2.75, 3.05) is 6.16 Å². The lowest BCUT2D eigenvalue weighted by Gasteiger charge is -1.99. The lowest BCUT2D eigenvalue weighted by Crippen LogP contribution is -1.85. The Balaban J connectivity index is 2.10. The van der Waals surface area contributed by atoms with Gasteiger partial charge >= 0.3 is 0 Å². The van der Waals surface area contributed by atoms with E-state index in [9.17, 15) is 4.57 Å². The molecule has 0 aliphatic heterocycles. The van der Waals surface area contributed by atoms with Crippen molar-refractivity contribution in [2.24, 2.45) is 0 Å². The fourth-order valence-corrected chi connectivity index (χ4v) is 2.47. The molecule has 0 aliphatic rings. The van der Waals surface area contributed by atoms with Gasteiger partial charge in [-0.2, -0.15) is 0 Å². The van der Waals surface area contributed by atoms with Crippen molar-refractivity contribution in [3.8, 4) is 0 Å². The molecule has 0 aliphatic carbocycles. The third-order valence-electron chi connectivity index (χ3n) is 1.91. The number of hydrogen-bond acceptors (Lipinski definition) is 1. The molecule has 13 heavy (non-hydrogen) atoms. The van der Waals surface area contributed by atoms with E-state index in [1.165, 1.54) is 18.4 Å². The fourth-order valence-electron chi connectivity index (χ4n) is 1.22. The third-order valence-corrected chi connectivity index (χ3v) is 3.68. The molecule has 1 rings (SSSR count). The molecule has 0 heterocycles. The number of hydrogen-bond donors (Lipinski definition) is 0. The normalized spacial score (nSPS) is 11.4. The summed E-state index contributed by atoms with van der Waals surface area (Å²) in [6.45, 7) is 0. The highest BCUT2D eigenvalue weighted by atomic mass is 32.0. The van der Waals surface area contributed by atoms with Crippen LogP contribution in [0.15, 0.2) is 30.3 Å². The van der Waals surface area contributed by atoms with E-state index in [1.807, 2.05) is 6.07 Å². The first kappa shape index (κ1) is 10.8. The van der Waals surface area contributed by atoms with Gasteiger partial charge in [-0.3, -0.25) is 4.57 Å². The van der Waals surface area contributed by atoms with Crippen molar-refractivity contribution in [1.29, 1.82) is 0 Å². The first-order chi connectivity index (χ1) is 6.43. The minimum absolute atomic E-state index is 0.319. The van der Waals surface area contributed by atoms with Crippen molar-refractivity contribution >= 4 is 16.4 Å². The molecule has 0 radical (unpaired) electrons. The van der Waals surface area contributed by atoms with Crippen LogP contribution in [0.2, 0.25) is 0 Å². The minimum atomic E-state index is 0.319. The van der Waals surface area contributed by atoms with Crippen LogP contribution in [0.1, 0.15) is 18.4 Å². The van der Waals surface area contributed by atoms with E-state index in [0.29, 0.717) is 16.4 Å². The van der Waals surface area contributed by atoms with Gasteiger partial charge in [0.2, 0.25) is 0 Å². The van der Waals surface area contributed by atoms with E-state index in [1.54, 1.807) is 0 Å². The highest BCUT2D eigenvalue weighted by Crippen LogP contribution is 2.27. The Labute approximate surface area is 82.8 Å². The van der Waals surface area contributed by atoms with E-state index in [-0.39, 0.29) is 0 Å². The van der Waals surface area contributed by atoms with Gasteiger partial charge in [0.1, 0.15) is 0 Å². The van der Waals surface area contributed by atoms with Crippen LogP contribution in [-0.4, -0.2) is 6.16 Å². The summed E-state index contributed by atoms with van der Waals surface area (Å²) in [6.07, 6.45) is 4.67. The molecule has 1 nitrogen and oxygen atoms in total. The fraction of sp³-hybridized carbons (Fsp3) is 0.400. The van der Waals surface area contributed by atoms with E-state index < -0.39 is 0 Å². The smallest absolute Gasteiger partial charge is 0.177 e. The van der Waals surface area contributed by atoms with Crippen molar-refractivity contribution in [1.82, 2.24) is 0 Å². The molecular weight excluding hydrogens is 198 g/mol. The Morgan fingerprint density at radius 2 is 1.92 bits per heavy atom. The zero-order valence-electron chi connectivity index (χ0n) is 7.57. The van der Waals surface area contributed by atoms with Crippen molar-refractivity contribution in [2.45, 2.75) is 19.3 Å². The summed E-state index contributed by atoms with van der Waals surface area (Å²) in [5, 5.41) is 0. The van der Waals surface area contributed by atoms with E-state index in [2.05, 4.69) is 24.3 Å². The van der Waals surface area contributed by atoms with Crippen LogP contribution in [0.25, 0.3) is 0 Å². The average Bonchev–Trinajstić information content (AvgIpc) is 2.19. The summed E-state index contributed by atoms with van der Waals surface area (Å²) in [7, 11) is 0.919. The second-order valence-corrected chi connectivity index (χ2v) is 5.44. The van der Waals surface area contributed by atoms with Gasteiger partial charge in [0.15, 0.2) is 8.15 Å². The van der Waals surface area contributed by atoms with Gasteiger partial charge in [-0.15, -0.1) is 0 Å². The van der Waals surface area contributed by atoms with Crippen molar-refractivity contribution < 1.29 is 4.57 Å². The molecule has 0 spiro atoms. The van der Waals surface area contributed by atoms with E-state index >= 15 is 0 Å². The van der Waals surface area contributed by atoms with Gasteiger partial charge in [0.25, 0.3) is 0 Å². The van der Waals surface area contributed by atoms with Gasteiger partial charge in [-0.25, -0.2) is 0 Å². The summed E-state index contributed by atoms with van der Waals surface area (Å²) in [4.78, 5) is 0. The van der Waals surface area contributed by atoms with Gasteiger partial charge in [-0.1, -0.05) is 30.3 Å².